The number of nitriles is 1. The maximum atomic E-state index is 13.1. The van der Waals surface area contributed by atoms with Crippen molar-refractivity contribution in [3.8, 4) is 17.2 Å². The number of halogens is 1. The Bertz CT molecular complexity index is 935. The number of nitrogens with zero attached hydrogens (tertiary/aromatic N) is 3. The van der Waals surface area contributed by atoms with Gasteiger partial charge in [-0.3, -0.25) is 9.36 Å². The van der Waals surface area contributed by atoms with Crippen LogP contribution in [0.1, 0.15) is 12.7 Å². The van der Waals surface area contributed by atoms with Crippen molar-refractivity contribution in [2.45, 2.75) is 19.9 Å². The highest BCUT2D eigenvalue weighted by Gasteiger charge is 2.16. The molecule has 0 saturated carbocycles. The van der Waals surface area contributed by atoms with Crippen LogP contribution in [0.4, 0.5) is 4.39 Å². The van der Waals surface area contributed by atoms with Crippen molar-refractivity contribution in [1.82, 2.24) is 9.55 Å². The van der Waals surface area contributed by atoms with Crippen LogP contribution in [0.3, 0.4) is 0 Å². The molecule has 0 aliphatic rings. The Morgan fingerprint density at radius 3 is 2.73 bits per heavy atom. The maximum absolute atomic E-state index is 13.1. The summed E-state index contributed by atoms with van der Waals surface area (Å²) in [5.41, 5.74) is 1.27. The highest BCUT2D eigenvalue weighted by Crippen LogP contribution is 2.31. The molecule has 4 nitrogen and oxygen atoms in total. The molecule has 0 saturated heterocycles. The van der Waals surface area contributed by atoms with Gasteiger partial charge >= 0.3 is 0 Å². The van der Waals surface area contributed by atoms with Crippen LogP contribution >= 0.6 is 11.3 Å². The number of rotatable bonds is 3. The van der Waals surface area contributed by atoms with E-state index in [2.05, 4.69) is 4.98 Å². The second kappa shape index (κ2) is 5.70. The second-order valence-electron chi connectivity index (χ2n) is 4.77. The summed E-state index contributed by atoms with van der Waals surface area (Å²) in [5, 5.41) is 11.3. The zero-order chi connectivity index (χ0) is 15.7. The summed E-state index contributed by atoms with van der Waals surface area (Å²) in [4.78, 5) is 17.9. The fourth-order valence-electron chi connectivity index (χ4n) is 2.41. The van der Waals surface area contributed by atoms with Crippen molar-refractivity contribution in [3.05, 3.63) is 51.6 Å². The molecule has 3 rings (SSSR count). The van der Waals surface area contributed by atoms with Crippen LogP contribution in [0.25, 0.3) is 21.3 Å². The van der Waals surface area contributed by atoms with Crippen LogP contribution in [0.2, 0.25) is 0 Å². The lowest BCUT2D eigenvalue weighted by molar-refractivity contribution is 0.628. The van der Waals surface area contributed by atoms with E-state index in [1.165, 1.54) is 28.0 Å². The molecule has 0 bridgehead atoms. The molecule has 3 aromatic rings. The monoisotopic (exact) mass is 313 g/mol. The van der Waals surface area contributed by atoms with E-state index in [4.69, 9.17) is 5.26 Å². The Hall–Kier alpha value is -2.52. The van der Waals surface area contributed by atoms with E-state index >= 15 is 0 Å². The van der Waals surface area contributed by atoms with Gasteiger partial charge in [-0.25, -0.2) is 9.37 Å². The molecule has 0 N–H and O–H groups in total. The van der Waals surface area contributed by atoms with Gasteiger partial charge in [-0.05, 0) is 17.7 Å². The largest absolute Gasteiger partial charge is 0.282 e. The lowest BCUT2D eigenvalue weighted by atomic mass is 10.1. The van der Waals surface area contributed by atoms with Crippen LogP contribution in [0, 0.1) is 17.1 Å². The number of thiophene rings is 1. The van der Waals surface area contributed by atoms with E-state index in [-0.39, 0.29) is 17.9 Å². The van der Waals surface area contributed by atoms with Gasteiger partial charge < -0.3 is 0 Å². The Kier molecular flexibility index (Phi) is 3.73. The third-order valence-corrected chi connectivity index (χ3v) is 4.35. The van der Waals surface area contributed by atoms with Gasteiger partial charge in [0.05, 0.1) is 11.5 Å². The standard InChI is InChI=1S/C16H12FN3OS/c1-2-13-19-15-14(16(21)20(13)8-7-18)12(9-22-15)10-3-5-11(17)6-4-10/h3-6,9H,2,8H2,1H3. The molecule has 110 valence electrons. The number of benzene rings is 1. The first-order chi connectivity index (χ1) is 10.7. The van der Waals surface area contributed by atoms with Crippen LogP contribution in [0.15, 0.2) is 34.4 Å². The lowest BCUT2D eigenvalue weighted by Gasteiger charge is -2.08. The Labute approximate surface area is 130 Å². The van der Waals surface area contributed by atoms with Crippen LogP contribution < -0.4 is 5.56 Å². The number of hydrogen-bond donors (Lipinski definition) is 0. The lowest BCUT2D eigenvalue weighted by Crippen LogP contribution is -2.24. The van der Waals surface area contributed by atoms with Gasteiger partial charge in [-0.2, -0.15) is 5.26 Å². The minimum absolute atomic E-state index is 0.0242. The van der Waals surface area contributed by atoms with Gasteiger partial charge in [0.1, 0.15) is 23.0 Å². The summed E-state index contributed by atoms with van der Waals surface area (Å²) in [6, 6.07) is 8.00. The summed E-state index contributed by atoms with van der Waals surface area (Å²) in [6.07, 6.45) is 0.580. The van der Waals surface area contributed by atoms with Crippen molar-refractivity contribution in [1.29, 1.82) is 5.26 Å². The molecule has 0 amide bonds. The molecule has 0 fully saturated rings. The normalized spacial score (nSPS) is 10.8. The zero-order valence-electron chi connectivity index (χ0n) is 11.8. The topological polar surface area (TPSA) is 58.7 Å². The minimum atomic E-state index is -0.323. The predicted octanol–water partition coefficient (Wildman–Crippen LogP) is 3.35. The Morgan fingerprint density at radius 2 is 2.09 bits per heavy atom. The van der Waals surface area contributed by atoms with Crippen molar-refractivity contribution in [3.63, 3.8) is 0 Å². The summed E-state index contributed by atoms with van der Waals surface area (Å²) in [6.45, 7) is 1.87. The molecule has 0 spiro atoms. The van der Waals surface area contributed by atoms with Crippen molar-refractivity contribution in [2.75, 3.05) is 0 Å². The molecule has 2 heterocycles. The first-order valence-corrected chi connectivity index (χ1v) is 7.67. The molecule has 6 heteroatoms. The third-order valence-electron chi connectivity index (χ3n) is 3.47. The smallest absolute Gasteiger partial charge is 0.263 e. The van der Waals surface area contributed by atoms with Gasteiger partial charge in [-0.15, -0.1) is 11.3 Å². The highest BCUT2D eigenvalue weighted by atomic mass is 32.1. The van der Waals surface area contributed by atoms with E-state index in [1.54, 1.807) is 12.1 Å². The maximum Gasteiger partial charge on any atom is 0.263 e. The molecule has 22 heavy (non-hydrogen) atoms. The van der Waals surface area contributed by atoms with E-state index < -0.39 is 0 Å². The van der Waals surface area contributed by atoms with Crippen LogP contribution in [0.5, 0.6) is 0 Å². The molecule has 0 aliphatic heterocycles. The summed E-state index contributed by atoms with van der Waals surface area (Å²) in [7, 11) is 0. The number of aryl methyl sites for hydroxylation is 1. The summed E-state index contributed by atoms with van der Waals surface area (Å²) < 4.78 is 14.5. The molecule has 0 aliphatic carbocycles. The van der Waals surface area contributed by atoms with Gasteiger partial charge in [0.25, 0.3) is 5.56 Å². The molecule has 0 radical (unpaired) electrons. The number of hydrogen-bond acceptors (Lipinski definition) is 4. The average Bonchev–Trinajstić information content (AvgIpc) is 2.95. The van der Waals surface area contributed by atoms with E-state index in [9.17, 15) is 9.18 Å². The number of fused-ring (bicyclic) bond motifs is 1. The van der Waals surface area contributed by atoms with Crippen LogP contribution in [-0.2, 0) is 13.0 Å². The average molecular weight is 313 g/mol. The van der Waals surface area contributed by atoms with Gasteiger partial charge in [0.2, 0.25) is 0 Å². The molecule has 1 aromatic carbocycles. The molecule has 2 aromatic heterocycles. The molecule has 0 unspecified atom stereocenters. The summed E-state index contributed by atoms with van der Waals surface area (Å²) in [5.74, 6) is 0.281. The molecular weight excluding hydrogens is 301 g/mol. The third kappa shape index (κ3) is 2.30. The first kappa shape index (κ1) is 14.4. The quantitative estimate of drug-likeness (QED) is 0.745. The van der Waals surface area contributed by atoms with Crippen molar-refractivity contribution >= 4 is 21.6 Å². The number of aromatic nitrogens is 2. The predicted molar refractivity (Wildman–Crippen MR) is 84.3 cm³/mol. The van der Waals surface area contributed by atoms with E-state index in [0.717, 1.165) is 11.1 Å². The fraction of sp³-hybridized carbons (Fsp3) is 0.188. The minimum Gasteiger partial charge on any atom is -0.282 e. The molecular formula is C16H12FN3OS. The Balaban J connectivity index is 2.31. The zero-order valence-corrected chi connectivity index (χ0v) is 12.7. The van der Waals surface area contributed by atoms with Crippen LogP contribution in [-0.4, -0.2) is 9.55 Å². The van der Waals surface area contributed by atoms with Crippen molar-refractivity contribution in [2.24, 2.45) is 0 Å². The van der Waals surface area contributed by atoms with Gasteiger partial charge in [0, 0.05) is 17.4 Å². The van der Waals surface area contributed by atoms with Crippen molar-refractivity contribution < 1.29 is 4.39 Å². The second-order valence-corrected chi connectivity index (χ2v) is 5.63. The Morgan fingerprint density at radius 1 is 1.36 bits per heavy atom. The summed E-state index contributed by atoms with van der Waals surface area (Å²) >= 11 is 1.38. The van der Waals surface area contributed by atoms with E-state index in [1.807, 2.05) is 18.4 Å². The highest BCUT2D eigenvalue weighted by molar-refractivity contribution is 7.17. The first-order valence-electron chi connectivity index (χ1n) is 6.79. The van der Waals surface area contributed by atoms with E-state index in [0.29, 0.717) is 22.5 Å². The van der Waals surface area contributed by atoms with Gasteiger partial charge in [-0.1, -0.05) is 19.1 Å². The molecule has 0 atom stereocenters. The van der Waals surface area contributed by atoms with Gasteiger partial charge in [0.15, 0.2) is 0 Å². The SMILES string of the molecule is CCc1nc2scc(-c3ccc(F)cc3)c2c(=O)n1CC#N. The fourth-order valence-corrected chi connectivity index (χ4v) is 3.37.